The molecule has 0 spiro atoms. The fraction of sp³-hybridized carbons (Fsp3) is 0.286. The molecule has 1 unspecified atom stereocenters. The molecule has 2 heteroatoms. The molecule has 0 aliphatic carbocycles. The number of rotatable bonds is 3. The Morgan fingerprint density at radius 1 is 1.12 bits per heavy atom. The van der Waals surface area contributed by atoms with Gasteiger partial charge in [-0.25, -0.2) is 0 Å². The summed E-state index contributed by atoms with van der Waals surface area (Å²) in [6, 6.07) is 7.95. The standard InChI is InChI=1S/C14H16Cl2/c1-10(4-5-11(2)15)12(3)13-6-8-14(16)9-7-13/h4-9,12H,1-3H3/b10-4+,11-5+. The largest absolute Gasteiger partial charge is 0.0895 e. The average molecular weight is 255 g/mol. The first kappa shape index (κ1) is 13.3. The number of allylic oxidation sites excluding steroid dienone is 4. The summed E-state index contributed by atoms with van der Waals surface area (Å²) in [5.41, 5.74) is 2.54. The summed E-state index contributed by atoms with van der Waals surface area (Å²) in [7, 11) is 0. The monoisotopic (exact) mass is 254 g/mol. The molecule has 1 aromatic carbocycles. The van der Waals surface area contributed by atoms with Crippen molar-refractivity contribution in [3.8, 4) is 0 Å². The highest BCUT2D eigenvalue weighted by molar-refractivity contribution is 6.30. The third-order valence-corrected chi connectivity index (χ3v) is 3.01. The van der Waals surface area contributed by atoms with Gasteiger partial charge in [-0.05, 0) is 37.6 Å². The normalized spacial score (nSPS) is 15.1. The molecule has 0 saturated carbocycles. The molecule has 0 fully saturated rings. The fourth-order valence-electron chi connectivity index (χ4n) is 1.40. The van der Waals surface area contributed by atoms with Crippen LogP contribution in [-0.2, 0) is 0 Å². The van der Waals surface area contributed by atoms with Crippen molar-refractivity contribution in [3.63, 3.8) is 0 Å². The summed E-state index contributed by atoms with van der Waals surface area (Å²) in [6.07, 6.45) is 3.98. The molecule has 0 heterocycles. The Morgan fingerprint density at radius 3 is 2.19 bits per heavy atom. The van der Waals surface area contributed by atoms with Crippen LogP contribution in [0.5, 0.6) is 0 Å². The number of hydrogen-bond acceptors (Lipinski definition) is 0. The summed E-state index contributed by atoms with van der Waals surface area (Å²) in [5.74, 6) is 0.379. The van der Waals surface area contributed by atoms with Crippen LogP contribution in [-0.4, -0.2) is 0 Å². The second-order valence-corrected chi connectivity index (χ2v) is 4.97. The van der Waals surface area contributed by atoms with Crippen LogP contribution in [0.25, 0.3) is 0 Å². The van der Waals surface area contributed by atoms with E-state index < -0.39 is 0 Å². The van der Waals surface area contributed by atoms with Crippen LogP contribution in [0.15, 0.2) is 47.0 Å². The van der Waals surface area contributed by atoms with Crippen molar-refractivity contribution in [1.82, 2.24) is 0 Å². The predicted octanol–water partition coefficient (Wildman–Crippen LogP) is 5.53. The van der Waals surface area contributed by atoms with Gasteiger partial charge in [0, 0.05) is 16.0 Å². The second kappa shape index (κ2) is 6.12. The van der Waals surface area contributed by atoms with Crippen LogP contribution in [0, 0.1) is 0 Å². The van der Waals surface area contributed by atoms with E-state index in [4.69, 9.17) is 23.2 Å². The predicted molar refractivity (Wildman–Crippen MR) is 73.2 cm³/mol. The summed E-state index contributed by atoms with van der Waals surface area (Å²) in [6.45, 7) is 6.15. The van der Waals surface area contributed by atoms with Crippen molar-refractivity contribution in [3.05, 3.63) is 57.6 Å². The van der Waals surface area contributed by atoms with Gasteiger partial charge in [-0.15, -0.1) is 0 Å². The van der Waals surface area contributed by atoms with E-state index in [1.807, 2.05) is 25.1 Å². The van der Waals surface area contributed by atoms with Gasteiger partial charge in [-0.1, -0.05) is 53.9 Å². The Balaban J connectivity index is 2.85. The van der Waals surface area contributed by atoms with Crippen molar-refractivity contribution < 1.29 is 0 Å². The molecule has 0 aliphatic rings. The smallest absolute Gasteiger partial charge is 0.0406 e. The molecule has 0 radical (unpaired) electrons. The minimum absolute atomic E-state index is 0.379. The highest BCUT2D eigenvalue weighted by Gasteiger charge is 2.06. The highest BCUT2D eigenvalue weighted by atomic mass is 35.5. The fourth-order valence-corrected chi connectivity index (χ4v) is 1.59. The van der Waals surface area contributed by atoms with Crippen LogP contribution < -0.4 is 0 Å². The van der Waals surface area contributed by atoms with Gasteiger partial charge in [0.15, 0.2) is 0 Å². The van der Waals surface area contributed by atoms with Gasteiger partial charge >= 0.3 is 0 Å². The lowest BCUT2D eigenvalue weighted by molar-refractivity contribution is 0.894. The van der Waals surface area contributed by atoms with Gasteiger partial charge in [0.2, 0.25) is 0 Å². The third-order valence-electron chi connectivity index (χ3n) is 2.63. The van der Waals surface area contributed by atoms with Gasteiger partial charge in [-0.3, -0.25) is 0 Å². The maximum atomic E-state index is 5.86. The summed E-state index contributed by atoms with van der Waals surface area (Å²) in [4.78, 5) is 0. The molecule has 0 amide bonds. The van der Waals surface area contributed by atoms with Crippen molar-refractivity contribution in [1.29, 1.82) is 0 Å². The zero-order valence-corrected chi connectivity index (χ0v) is 11.3. The lowest BCUT2D eigenvalue weighted by Crippen LogP contribution is -1.94. The topological polar surface area (TPSA) is 0 Å². The van der Waals surface area contributed by atoms with Crippen LogP contribution in [0.1, 0.15) is 32.3 Å². The molecular formula is C14H16Cl2. The summed E-state index contributed by atoms with van der Waals surface area (Å²) < 4.78 is 0. The lowest BCUT2D eigenvalue weighted by Gasteiger charge is -2.12. The Kier molecular flexibility index (Phi) is 5.11. The molecule has 1 atom stereocenters. The molecule has 1 aromatic rings. The Labute approximate surface area is 108 Å². The zero-order valence-electron chi connectivity index (χ0n) is 9.80. The van der Waals surface area contributed by atoms with Gasteiger partial charge in [-0.2, -0.15) is 0 Å². The van der Waals surface area contributed by atoms with Gasteiger partial charge in [0.1, 0.15) is 0 Å². The van der Waals surface area contributed by atoms with E-state index in [-0.39, 0.29) is 0 Å². The number of hydrogen-bond donors (Lipinski definition) is 0. The lowest BCUT2D eigenvalue weighted by atomic mass is 9.94. The molecule has 0 N–H and O–H groups in total. The summed E-state index contributed by atoms with van der Waals surface area (Å²) >= 11 is 11.6. The van der Waals surface area contributed by atoms with E-state index >= 15 is 0 Å². The van der Waals surface area contributed by atoms with E-state index in [0.29, 0.717) is 5.92 Å². The van der Waals surface area contributed by atoms with Crippen molar-refractivity contribution >= 4 is 23.2 Å². The zero-order chi connectivity index (χ0) is 12.1. The molecule has 0 aliphatic heterocycles. The minimum Gasteiger partial charge on any atom is -0.0895 e. The summed E-state index contributed by atoms with van der Waals surface area (Å²) in [5, 5.41) is 1.57. The number of halogens is 2. The van der Waals surface area contributed by atoms with E-state index in [1.54, 1.807) is 0 Å². The van der Waals surface area contributed by atoms with Crippen molar-refractivity contribution in [2.75, 3.05) is 0 Å². The third kappa shape index (κ3) is 4.03. The van der Waals surface area contributed by atoms with Gasteiger partial charge in [0.05, 0.1) is 0 Å². The minimum atomic E-state index is 0.379. The highest BCUT2D eigenvalue weighted by Crippen LogP contribution is 2.24. The van der Waals surface area contributed by atoms with Gasteiger partial charge < -0.3 is 0 Å². The molecular weight excluding hydrogens is 239 g/mol. The second-order valence-electron chi connectivity index (χ2n) is 3.94. The van der Waals surface area contributed by atoms with E-state index in [2.05, 4.69) is 32.1 Å². The van der Waals surface area contributed by atoms with Crippen LogP contribution in [0.3, 0.4) is 0 Å². The molecule has 0 aromatic heterocycles. The number of benzene rings is 1. The van der Waals surface area contributed by atoms with Crippen molar-refractivity contribution in [2.45, 2.75) is 26.7 Å². The van der Waals surface area contributed by atoms with Crippen molar-refractivity contribution in [2.24, 2.45) is 0 Å². The molecule has 86 valence electrons. The van der Waals surface area contributed by atoms with E-state index in [9.17, 15) is 0 Å². The molecule has 0 saturated heterocycles. The van der Waals surface area contributed by atoms with Crippen LogP contribution >= 0.6 is 23.2 Å². The first-order valence-electron chi connectivity index (χ1n) is 5.26. The molecule has 16 heavy (non-hydrogen) atoms. The quantitative estimate of drug-likeness (QED) is 0.622. The Hall–Kier alpha value is -0.720. The van der Waals surface area contributed by atoms with E-state index in [1.165, 1.54) is 11.1 Å². The Morgan fingerprint density at radius 2 is 1.69 bits per heavy atom. The van der Waals surface area contributed by atoms with Crippen LogP contribution in [0.4, 0.5) is 0 Å². The van der Waals surface area contributed by atoms with E-state index in [0.717, 1.165) is 10.1 Å². The first-order valence-corrected chi connectivity index (χ1v) is 6.02. The van der Waals surface area contributed by atoms with Gasteiger partial charge in [0.25, 0.3) is 0 Å². The maximum absolute atomic E-state index is 5.86. The molecule has 0 bridgehead atoms. The maximum Gasteiger partial charge on any atom is 0.0406 e. The average Bonchev–Trinajstić information content (AvgIpc) is 2.26. The SMILES string of the molecule is C/C(Cl)=C\C=C(/C)C(C)c1ccc(Cl)cc1. The molecule has 1 rings (SSSR count). The Bertz CT molecular complexity index is 395. The van der Waals surface area contributed by atoms with Crippen LogP contribution in [0.2, 0.25) is 5.02 Å². The first-order chi connectivity index (χ1) is 7.50. The molecule has 0 nitrogen and oxygen atoms in total.